The lowest BCUT2D eigenvalue weighted by Gasteiger charge is -2.37. The molecule has 0 spiro atoms. The Kier molecular flexibility index (Phi) is 6.69. The number of benzene rings is 1. The lowest BCUT2D eigenvalue weighted by Crippen LogP contribution is -2.47. The van der Waals surface area contributed by atoms with Crippen LogP contribution in [0.2, 0.25) is 0 Å². The molecule has 35 heavy (non-hydrogen) atoms. The Bertz CT molecular complexity index is 1190. The first-order valence-electron chi connectivity index (χ1n) is 11.5. The van der Waals surface area contributed by atoms with Gasteiger partial charge in [0.2, 0.25) is 5.91 Å². The van der Waals surface area contributed by atoms with E-state index in [1.807, 2.05) is 24.3 Å². The molecule has 2 amide bonds. The molecule has 2 aliphatic rings. The summed E-state index contributed by atoms with van der Waals surface area (Å²) < 4.78 is 12.1. The quantitative estimate of drug-likeness (QED) is 0.481. The zero-order valence-corrected chi connectivity index (χ0v) is 19.0. The maximum atomic E-state index is 12.6. The normalized spacial score (nSPS) is 22.4. The molecule has 0 radical (unpaired) electrons. The number of aromatic nitrogens is 2. The number of rotatable bonds is 7. The Morgan fingerprint density at radius 1 is 1.09 bits per heavy atom. The van der Waals surface area contributed by atoms with Gasteiger partial charge in [0.15, 0.2) is 0 Å². The minimum Gasteiger partial charge on any atom is -0.487 e. The van der Waals surface area contributed by atoms with Gasteiger partial charge in [-0.2, -0.15) is 0 Å². The summed E-state index contributed by atoms with van der Waals surface area (Å²) in [6.45, 7) is 0.175. The standard InChI is InChI=1S/C26H26N4O5/c31-15-23-25-21(10-19(34-23)11-24(32)29-13-16-3-1-7-27-12-16)20-9-18(5-6-22(20)35-25)30-26(33)17-4-2-8-28-14-17/h1-9,12,14,19,21,23,25,31H,10-11,13,15H2,(H,29,32)(H,30,33)/t19-,21+,23+,25-/m0/s1. The average Bonchev–Trinajstić information content (AvgIpc) is 3.26. The van der Waals surface area contributed by atoms with E-state index in [0.717, 1.165) is 11.1 Å². The summed E-state index contributed by atoms with van der Waals surface area (Å²) in [7, 11) is 0. The lowest BCUT2D eigenvalue weighted by atomic mass is 9.84. The van der Waals surface area contributed by atoms with Crippen LogP contribution in [0, 0.1) is 0 Å². The Balaban J connectivity index is 1.26. The monoisotopic (exact) mass is 474 g/mol. The van der Waals surface area contributed by atoms with Gasteiger partial charge in [0.1, 0.15) is 18.0 Å². The van der Waals surface area contributed by atoms with E-state index in [-0.39, 0.29) is 43.0 Å². The van der Waals surface area contributed by atoms with Crippen LogP contribution in [-0.2, 0) is 16.1 Å². The number of aliphatic hydroxyl groups excluding tert-OH is 1. The number of anilines is 1. The molecule has 1 saturated heterocycles. The number of nitrogens with zero attached hydrogens (tertiary/aromatic N) is 2. The summed E-state index contributed by atoms with van der Waals surface area (Å²) in [4.78, 5) is 33.2. The molecular formula is C26H26N4O5. The number of hydrogen-bond donors (Lipinski definition) is 3. The van der Waals surface area contributed by atoms with E-state index >= 15 is 0 Å². The van der Waals surface area contributed by atoms with Crippen LogP contribution in [0.15, 0.2) is 67.3 Å². The van der Waals surface area contributed by atoms with E-state index in [9.17, 15) is 14.7 Å². The molecule has 0 bridgehead atoms. The smallest absolute Gasteiger partial charge is 0.257 e. The molecule has 9 heteroatoms. The molecule has 3 aromatic rings. The van der Waals surface area contributed by atoms with E-state index in [2.05, 4.69) is 20.6 Å². The predicted molar refractivity (Wildman–Crippen MR) is 127 cm³/mol. The van der Waals surface area contributed by atoms with Gasteiger partial charge in [0.05, 0.1) is 24.7 Å². The zero-order chi connectivity index (χ0) is 24.2. The topological polar surface area (TPSA) is 123 Å². The minimum absolute atomic E-state index is 0.0673. The zero-order valence-electron chi connectivity index (χ0n) is 19.0. The van der Waals surface area contributed by atoms with Crippen molar-refractivity contribution < 1.29 is 24.2 Å². The lowest BCUT2D eigenvalue weighted by molar-refractivity contribution is -0.142. The van der Waals surface area contributed by atoms with Crippen LogP contribution in [-0.4, -0.2) is 51.8 Å². The first-order valence-corrected chi connectivity index (χ1v) is 11.5. The number of amides is 2. The molecule has 9 nitrogen and oxygen atoms in total. The van der Waals surface area contributed by atoms with Crippen molar-refractivity contribution in [3.63, 3.8) is 0 Å². The summed E-state index contributed by atoms with van der Waals surface area (Å²) >= 11 is 0. The molecule has 1 aromatic carbocycles. The number of aliphatic hydroxyl groups is 1. The summed E-state index contributed by atoms with van der Waals surface area (Å²) in [5, 5.41) is 15.7. The van der Waals surface area contributed by atoms with Crippen molar-refractivity contribution in [3.05, 3.63) is 83.9 Å². The largest absolute Gasteiger partial charge is 0.487 e. The van der Waals surface area contributed by atoms with Crippen LogP contribution in [0.1, 0.15) is 40.2 Å². The van der Waals surface area contributed by atoms with Gasteiger partial charge in [-0.25, -0.2) is 0 Å². The fourth-order valence-electron chi connectivity index (χ4n) is 4.65. The summed E-state index contributed by atoms with van der Waals surface area (Å²) in [6.07, 6.45) is 5.98. The Labute approximate surface area is 202 Å². The first-order chi connectivity index (χ1) is 17.1. The average molecular weight is 475 g/mol. The van der Waals surface area contributed by atoms with E-state index in [1.165, 1.54) is 6.20 Å². The number of fused-ring (bicyclic) bond motifs is 3. The maximum absolute atomic E-state index is 12.6. The van der Waals surface area contributed by atoms with Crippen LogP contribution >= 0.6 is 0 Å². The third-order valence-corrected chi connectivity index (χ3v) is 6.31. The molecule has 1 fully saturated rings. The Morgan fingerprint density at radius 3 is 2.66 bits per heavy atom. The number of carbonyl (C=O) groups excluding carboxylic acids is 2. The van der Waals surface area contributed by atoms with Crippen LogP contribution in [0.3, 0.4) is 0 Å². The van der Waals surface area contributed by atoms with Gasteiger partial charge in [-0.05, 0) is 48.4 Å². The highest BCUT2D eigenvalue weighted by Crippen LogP contribution is 2.47. The van der Waals surface area contributed by atoms with E-state index in [0.29, 0.717) is 30.0 Å². The second-order valence-corrected chi connectivity index (χ2v) is 8.69. The van der Waals surface area contributed by atoms with Crippen molar-refractivity contribution in [2.24, 2.45) is 0 Å². The van der Waals surface area contributed by atoms with Crippen LogP contribution < -0.4 is 15.4 Å². The summed E-state index contributed by atoms with van der Waals surface area (Å²) in [5.74, 6) is 0.243. The third-order valence-electron chi connectivity index (χ3n) is 6.31. The van der Waals surface area contributed by atoms with Crippen molar-refractivity contribution in [2.75, 3.05) is 11.9 Å². The molecule has 0 aliphatic carbocycles. The molecule has 4 atom stereocenters. The van der Waals surface area contributed by atoms with Crippen molar-refractivity contribution in [1.82, 2.24) is 15.3 Å². The highest BCUT2D eigenvalue weighted by atomic mass is 16.6. The molecule has 3 N–H and O–H groups in total. The summed E-state index contributed by atoms with van der Waals surface area (Å²) in [6, 6.07) is 12.6. The van der Waals surface area contributed by atoms with Gasteiger partial charge < -0.3 is 25.2 Å². The number of hydrogen-bond acceptors (Lipinski definition) is 7. The molecule has 4 heterocycles. The van der Waals surface area contributed by atoms with E-state index in [4.69, 9.17) is 9.47 Å². The van der Waals surface area contributed by atoms with Gasteiger partial charge in [-0.3, -0.25) is 19.6 Å². The highest BCUT2D eigenvalue weighted by molar-refractivity contribution is 6.04. The number of carbonyl (C=O) groups is 2. The first kappa shape index (κ1) is 22.9. The van der Waals surface area contributed by atoms with Crippen molar-refractivity contribution in [2.45, 2.75) is 43.6 Å². The molecule has 0 unspecified atom stereocenters. The summed E-state index contributed by atoms with van der Waals surface area (Å²) in [5.41, 5.74) is 2.95. The fourth-order valence-corrected chi connectivity index (χ4v) is 4.65. The van der Waals surface area contributed by atoms with Gasteiger partial charge in [-0.15, -0.1) is 0 Å². The second kappa shape index (κ2) is 10.2. The van der Waals surface area contributed by atoms with Gasteiger partial charge >= 0.3 is 0 Å². The Hall–Kier alpha value is -3.82. The molecule has 2 aromatic heterocycles. The molecule has 2 aliphatic heterocycles. The van der Waals surface area contributed by atoms with Crippen LogP contribution in [0.4, 0.5) is 5.69 Å². The van der Waals surface area contributed by atoms with Gasteiger partial charge in [0.25, 0.3) is 5.91 Å². The number of nitrogens with one attached hydrogen (secondary N) is 2. The second-order valence-electron chi connectivity index (χ2n) is 8.69. The third kappa shape index (κ3) is 5.16. The van der Waals surface area contributed by atoms with Gasteiger partial charge in [-0.1, -0.05) is 6.07 Å². The van der Waals surface area contributed by atoms with Crippen molar-refractivity contribution in [3.8, 4) is 5.75 Å². The Morgan fingerprint density at radius 2 is 1.91 bits per heavy atom. The molecule has 0 saturated carbocycles. The molecular weight excluding hydrogens is 448 g/mol. The predicted octanol–water partition coefficient (Wildman–Crippen LogP) is 2.43. The van der Waals surface area contributed by atoms with E-state index < -0.39 is 6.10 Å². The number of pyridine rings is 2. The highest BCUT2D eigenvalue weighted by Gasteiger charge is 2.46. The molecule has 180 valence electrons. The van der Waals surface area contributed by atoms with Crippen molar-refractivity contribution in [1.29, 1.82) is 0 Å². The van der Waals surface area contributed by atoms with Crippen LogP contribution in [0.5, 0.6) is 5.75 Å². The van der Waals surface area contributed by atoms with Crippen molar-refractivity contribution >= 4 is 17.5 Å². The fraction of sp³-hybridized carbons (Fsp3) is 0.308. The van der Waals surface area contributed by atoms with Crippen LogP contribution in [0.25, 0.3) is 0 Å². The van der Waals surface area contributed by atoms with Gasteiger partial charge in [0, 0.05) is 48.5 Å². The maximum Gasteiger partial charge on any atom is 0.257 e. The van der Waals surface area contributed by atoms with E-state index in [1.54, 1.807) is 36.8 Å². The molecule has 5 rings (SSSR count). The number of ether oxygens (including phenoxy) is 2. The minimum atomic E-state index is -0.550. The SMILES string of the molecule is O=C(C[C@@H]1C[C@@H]2c3cc(NC(=O)c4cccnc4)ccc3O[C@@H]2[C@@H](CO)O1)NCc1cccnc1.